The first-order chi connectivity index (χ1) is 29.3. The minimum atomic E-state index is -0.478. The van der Waals surface area contributed by atoms with Gasteiger partial charge in [0.1, 0.15) is 11.5 Å². The maximum Gasteiger partial charge on any atom is 0.160 e. The lowest BCUT2D eigenvalue weighted by Gasteiger charge is -2.39. The van der Waals surface area contributed by atoms with Crippen molar-refractivity contribution in [3.63, 3.8) is 0 Å². The molecule has 0 saturated carbocycles. The summed E-state index contributed by atoms with van der Waals surface area (Å²) < 4.78 is 6.72. The van der Waals surface area contributed by atoms with Gasteiger partial charge >= 0.3 is 0 Å². The van der Waals surface area contributed by atoms with Gasteiger partial charge in [0, 0.05) is 28.0 Å². The molecule has 12 rings (SSSR count). The molecule has 0 radical (unpaired) electrons. The second kappa shape index (κ2) is 12.8. The molecule has 3 unspecified atom stereocenters. The molecule has 0 bridgehead atoms. The minimum Gasteiger partial charge on any atom is -0.457 e. The fourth-order valence-corrected chi connectivity index (χ4v) is 11.5. The molecule has 0 fully saturated rings. The quantitative estimate of drug-likeness (QED) is 0.179. The first-order valence-corrected chi connectivity index (χ1v) is 21.3. The van der Waals surface area contributed by atoms with E-state index in [-0.39, 0.29) is 16.7 Å². The van der Waals surface area contributed by atoms with Crippen molar-refractivity contribution < 1.29 is 4.74 Å². The van der Waals surface area contributed by atoms with Crippen molar-refractivity contribution in [2.75, 3.05) is 0 Å². The maximum atomic E-state index is 6.72. The zero-order chi connectivity index (χ0) is 40.2. The molecule has 7 aromatic rings. The summed E-state index contributed by atoms with van der Waals surface area (Å²) in [5.74, 6) is 3.07. The number of hydrogen-bond donors (Lipinski definition) is 0. The highest BCUT2D eigenvalue weighted by Gasteiger charge is 2.53. The second-order valence-corrected chi connectivity index (χ2v) is 17.9. The predicted octanol–water partition coefficient (Wildman–Crippen LogP) is 13.6. The second-order valence-electron chi connectivity index (χ2n) is 17.9. The van der Waals surface area contributed by atoms with Gasteiger partial charge < -0.3 is 4.74 Å². The summed E-state index contributed by atoms with van der Waals surface area (Å²) in [7, 11) is 0. The highest BCUT2D eigenvalue weighted by Crippen LogP contribution is 2.62. The first kappa shape index (κ1) is 35.1. The SMILES string of the molecule is CC1(C)c2ccccc2C2(C)C=CC(c3cc(C4=CCC(c5ccc6c(c5)C5(c7ccccc7O6)c6ccccc6-c6ccccc65)C=C4)nc(-c4ccccc4)n3)=CC12. The molecule has 3 heteroatoms. The summed E-state index contributed by atoms with van der Waals surface area (Å²) in [6, 6.07) is 54.9. The standard InChI is InChI=1S/C57H44N2O/c1-55(2)45-21-11-12-22-46(45)56(3)32-31-40(34-53(55)56)50-35-49(58-54(59-50)38-15-5-4-6-16-38)37-27-25-36(26-28-37)39-29-30-52-48(33-39)57(47-23-13-14-24-51(47)60-52)43-19-9-7-17-41(43)42-18-8-10-20-44(42)57/h4-25,27-36,53H,26H2,1-3H3. The summed E-state index contributed by atoms with van der Waals surface area (Å²) in [5, 5.41) is 0. The highest BCUT2D eigenvalue weighted by atomic mass is 16.5. The Morgan fingerprint density at radius 3 is 1.88 bits per heavy atom. The van der Waals surface area contributed by atoms with Crippen LogP contribution in [0.15, 0.2) is 188 Å². The molecule has 4 aliphatic carbocycles. The van der Waals surface area contributed by atoms with E-state index in [1.165, 1.54) is 50.1 Å². The van der Waals surface area contributed by atoms with Gasteiger partial charge in [0.05, 0.1) is 16.8 Å². The van der Waals surface area contributed by atoms with E-state index in [1.54, 1.807) is 0 Å². The average molecular weight is 773 g/mol. The molecule has 288 valence electrons. The Balaban J connectivity index is 0.924. The number of hydrogen-bond acceptors (Lipinski definition) is 3. The molecular formula is C57H44N2O. The van der Waals surface area contributed by atoms with E-state index in [1.807, 2.05) is 6.07 Å². The zero-order valence-electron chi connectivity index (χ0n) is 34.1. The highest BCUT2D eigenvalue weighted by molar-refractivity contribution is 5.89. The van der Waals surface area contributed by atoms with Crippen molar-refractivity contribution in [1.82, 2.24) is 9.97 Å². The smallest absolute Gasteiger partial charge is 0.160 e. The molecular weight excluding hydrogens is 729 g/mol. The number of benzene rings is 6. The Labute approximate surface area is 352 Å². The van der Waals surface area contributed by atoms with Gasteiger partial charge in [-0.25, -0.2) is 9.97 Å². The van der Waals surface area contributed by atoms with Gasteiger partial charge in [0.25, 0.3) is 0 Å². The summed E-state index contributed by atoms with van der Waals surface area (Å²) in [5.41, 5.74) is 16.3. The van der Waals surface area contributed by atoms with Crippen LogP contribution in [0.1, 0.15) is 83.4 Å². The fourth-order valence-electron chi connectivity index (χ4n) is 11.5. The molecule has 3 nitrogen and oxygen atoms in total. The number of rotatable bonds is 4. The van der Waals surface area contributed by atoms with Crippen LogP contribution in [0.25, 0.3) is 33.7 Å². The van der Waals surface area contributed by atoms with Crippen molar-refractivity contribution in [3.8, 4) is 34.0 Å². The normalized spacial score (nSPS) is 21.7. The lowest BCUT2D eigenvalue weighted by atomic mass is 9.65. The third-order valence-corrected chi connectivity index (χ3v) is 14.3. The van der Waals surface area contributed by atoms with Gasteiger partial charge in [-0.3, -0.25) is 0 Å². The number of ether oxygens (including phenoxy) is 1. The molecule has 0 amide bonds. The fraction of sp³-hybridized carbons (Fsp3) is 0.158. The molecule has 1 spiro atoms. The minimum absolute atomic E-state index is 0.0144. The van der Waals surface area contributed by atoms with E-state index < -0.39 is 5.41 Å². The number of fused-ring (bicyclic) bond motifs is 12. The first-order valence-electron chi connectivity index (χ1n) is 21.3. The van der Waals surface area contributed by atoms with Gasteiger partial charge in [0.2, 0.25) is 0 Å². The Morgan fingerprint density at radius 1 is 0.550 bits per heavy atom. The Morgan fingerprint density at radius 2 is 1.17 bits per heavy atom. The molecule has 0 N–H and O–H groups in total. The van der Waals surface area contributed by atoms with Gasteiger partial charge in [-0.05, 0) is 92.1 Å². The third kappa shape index (κ3) is 4.90. The molecule has 1 aliphatic heterocycles. The molecule has 60 heavy (non-hydrogen) atoms. The zero-order valence-corrected chi connectivity index (χ0v) is 34.1. The van der Waals surface area contributed by atoms with Crippen molar-refractivity contribution in [2.24, 2.45) is 5.92 Å². The molecule has 6 aromatic carbocycles. The van der Waals surface area contributed by atoms with E-state index in [0.717, 1.165) is 51.8 Å². The lowest BCUT2D eigenvalue weighted by Crippen LogP contribution is -2.34. The van der Waals surface area contributed by atoms with Crippen LogP contribution in [-0.2, 0) is 16.2 Å². The van der Waals surface area contributed by atoms with Crippen molar-refractivity contribution in [3.05, 3.63) is 238 Å². The number of para-hydroxylation sites is 1. The van der Waals surface area contributed by atoms with Crippen LogP contribution in [0, 0.1) is 5.92 Å². The van der Waals surface area contributed by atoms with Gasteiger partial charge in [0.15, 0.2) is 5.82 Å². The number of nitrogens with zero attached hydrogens (tertiary/aromatic N) is 2. The molecule has 0 saturated heterocycles. The van der Waals surface area contributed by atoms with Crippen LogP contribution in [0.4, 0.5) is 0 Å². The van der Waals surface area contributed by atoms with Crippen molar-refractivity contribution >= 4 is 11.1 Å². The van der Waals surface area contributed by atoms with Gasteiger partial charge in [-0.1, -0.05) is 185 Å². The maximum absolute atomic E-state index is 6.72. The van der Waals surface area contributed by atoms with Crippen LogP contribution in [0.5, 0.6) is 11.5 Å². The van der Waals surface area contributed by atoms with Gasteiger partial charge in [-0.2, -0.15) is 0 Å². The van der Waals surface area contributed by atoms with Crippen molar-refractivity contribution in [2.45, 2.75) is 49.4 Å². The van der Waals surface area contributed by atoms with E-state index in [2.05, 4.69) is 203 Å². The lowest BCUT2D eigenvalue weighted by molar-refractivity contribution is 0.325. The topological polar surface area (TPSA) is 35.0 Å². The van der Waals surface area contributed by atoms with Crippen LogP contribution < -0.4 is 4.74 Å². The summed E-state index contributed by atoms with van der Waals surface area (Å²) in [4.78, 5) is 10.5. The summed E-state index contributed by atoms with van der Waals surface area (Å²) >= 11 is 0. The van der Waals surface area contributed by atoms with Crippen LogP contribution in [0.2, 0.25) is 0 Å². The largest absolute Gasteiger partial charge is 0.457 e. The molecule has 3 atom stereocenters. The molecule has 5 aliphatic rings. The number of aromatic nitrogens is 2. The Bertz CT molecular complexity index is 3010. The van der Waals surface area contributed by atoms with E-state index in [9.17, 15) is 0 Å². The van der Waals surface area contributed by atoms with Crippen molar-refractivity contribution in [1.29, 1.82) is 0 Å². The average Bonchev–Trinajstić information content (AvgIpc) is 3.69. The third-order valence-electron chi connectivity index (χ3n) is 14.3. The Kier molecular flexibility index (Phi) is 7.51. The number of allylic oxidation sites excluding steroid dienone is 8. The van der Waals surface area contributed by atoms with E-state index in [4.69, 9.17) is 14.7 Å². The monoisotopic (exact) mass is 772 g/mol. The van der Waals surface area contributed by atoms with Crippen LogP contribution in [-0.4, -0.2) is 9.97 Å². The summed E-state index contributed by atoms with van der Waals surface area (Å²) in [6.07, 6.45) is 15.1. The van der Waals surface area contributed by atoms with E-state index >= 15 is 0 Å². The van der Waals surface area contributed by atoms with Crippen LogP contribution in [0.3, 0.4) is 0 Å². The Hall–Kier alpha value is -6.84. The summed E-state index contributed by atoms with van der Waals surface area (Å²) in [6.45, 7) is 7.18. The van der Waals surface area contributed by atoms with E-state index in [0.29, 0.717) is 5.92 Å². The molecule has 2 heterocycles. The van der Waals surface area contributed by atoms with Gasteiger partial charge in [-0.15, -0.1) is 0 Å². The molecule has 1 aromatic heterocycles. The van der Waals surface area contributed by atoms with Crippen LogP contribution >= 0.6 is 0 Å². The predicted molar refractivity (Wildman–Crippen MR) is 243 cm³/mol.